The van der Waals surface area contributed by atoms with Gasteiger partial charge in [0, 0.05) is 24.5 Å². The van der Waals surface area contributed by atoms with Gasteiger partial charge in [0.1, 0.15) is 11.1 Å². The van der Waals surface area contributed by atoms with Crippen molar-refractivity contribution in [2.24, 2.45) is 7.05 Å². The highest BCUT2D eigenvalue weighted by molar-refractivity contribution is 7.16. The highest BCUT2D eigenvalue weighted by atomic mass is 32.1. The average Bonchev–Trinajstić information content (AvgIpc) is 3.20. The molecule has 28 heavy (non-hydrogen) atoms. The van der Waals surface area contributed by atoms with E-state index in [1.807, 2.05) is 18.2 Å². The van der Waals surface area contributed by atoms with Crippen LogP contribution >= 0.6 is 11.3 Å². The van der Waals surface area contributed by atoms with Crippen LogP contribution < -0.4 is 15.6 Å². The third kappa shape index (κ3) is 3.35. The molecule has 9 heteroatoms. The number of nitrogens with zero attached hydrogens (tertiary/aromatic N) is 3. The molecule has 3 aromatic rings. The minimum absolute atomic E-state index is 0.152. The van der Waals surface area contributed by atoms with Gasteiger partial charge in [-0.3, -0.25) is 14.2 Å². The highest BCUT2D eigenvalue weighted by Gasteiger charge is 2.30. The number of benzene rings is 1. The van der Waals surface area contributed by atoms with Crippen molar-refractivity contribution in [1.29, 1.82) is 5.26 Å². The molecule has 8 nitrogen and oxygen atoms in total. The van der Waals surface area contributed by atoms with Crippen LogP contribution in [0.4, 0.5) is 5.00 Å². The number of carbonyl (C=O) groups excluding carboxylic acids is 1. The second-order valence-corrected chi connectivity index (χ2v) is 7.71. The van der Waals surface area contributed by atoms with Crippen LogP contribution in [0, 0.1) is 11.3 Å². The van der Waals surface area contributed by atoms with Gasteiger partial charge in [-0.15, -0.1) is 11.3 Å². The number of aryl methyl sites for hydroxylation is 1. The largest absolute Gasteiger partial charge is 0.440 e. The van der Waals surface area contributed by atoms with Gasteiger partial charge in [-0.1, -0.05) is 35.0 Å². The van der Waals surface area contributed by atoms with Crippen molar-refractivity contribution in [3.05, 3.63) is 68.0 Å². The zero-order valence-corrected chi connectivity index (χ0v) is 16.0. The van der Waals surface area contributed by atoms with E-state index in [2.05, 4.69) is 38.2 Å². The van der Waals surface area contributed by atoms with Crippen LogP contribution in [0.2, 0.25) is 0 Å². The summed E-state index contributed by atoms with van der Waals surface area (Å²) in [7, 11) is 1.51. The summed E-state index contributed by atoms with van der Waals surface area (Å²) in [6.45, 7) is 2.40. The van der Waals surface area contributed by atoms with E-state index in [0.717, 1.165) is 36.5 Å². The standard InChI is InChI=1S/C19H17N5O3S/c1-23-16(19(26)27-22-23)17(25)21-18-14(9-20)13-7-8-24(11-15(13)28-18)10-12-5-3-2-4-6-12/h2-6H,7-8,10-11H2,1H3,(H-,21,22,25,26)/p+1. The van der Waals surface area contributed by atoms with Crippen molar-refractivity contribution in [3.63, 3.8) is 0 Å². The normalized spacial score (nSPS) is 13.7. The molecule has 1 amide bonds. The quantitative estimate of drug-likeness (QED) is 0.651. The topological polar surface area (TPSA) is 106 Å². The molecule has 142 valence electrons. The smallest absolute Gasteiger partial charge is 0.307 e. The lowest BCUT2D eigenvalue weighted by Gasteiger charge is -2.26. The molecule has 0 saturated heterocycles. The number of nitriles is 1. The molecule has 2 aromatic heterocycles. The van der Waals surface area contributed by atoms with Crippen molar-refractivity contribution in [3.8, 4) is 6.07 Å². The lowest BCUT2D eigenvalue weighted by atomic mass is 10.0. The fraction of sp³-hybridized carbons (Fsp3) is 0.263. The number of hydrogen-bond donors (Lipinski definition) is 2. The number of fused-ring (bicyclic) bond motifs is 1. The van der Waals surface area contributed by atoms with Gasteiger partial charge in [-0.05, 0) is 22.8 Å². The number of anilines is 1. The number of aromatic amines is 1. The monoisotopic (exact) mass is 396 g/mol. The molecule has 0 saturated carbocycles. The number of hydrogen-bond acceptors (Lipinski definition) is 6. The number of thiophene rings is 1. The molecule has 0 unspecified atom stereocenters. The fourth-order valence-electron chi connectivity index (χ4n) is 3.39. The molecule has 1 aliphatic rings. The van der Waals surface area contributed by atoms with E-state index < -0.39 is 11.5 Å². The van der Waals surface area contributed by atoms with Crippen molar-refractivity contribution in [1.82, 2.24) is 10.2 Å². The Hall–Kier alpha value is -3.22. The van der Waals surface area contributed by atoms with Crippen molar-refractivity contribution < 1.29 is 14.0 Å². The average molecular weight is 396 g/mol. The van der Waals surface area contributed by atoms with Crippen LogP contribution in [0.15, 0.2) is 39.6 Å². The predicted octanol–water partition coefficient (Wildman–Crippen LogP) is 1.54. The summed E-state index contributed by atoms with van der Waals surface area (Å²) in [4.78, 5) is 27.6. The first-order chi connectivity index (χ1) is 13.6. The fourth-order valence-corrected chi connectivity index (χ4v) is 4.62. The number of amides is 1. The second-order valence-electron chi connectivity index (χ2n) is 6.61. The summed E-state index contributed by atoms with van der Waals surface area (Å²) < 4.78 is 5.82. The summed E-state index contributed by atoms with van der Waals surface area (Å²) in [5.74, 6) is -0.603. The minimum atomic E-state index is -0.756. The van der Waals surface area contributed by atoms with Crippen LogP contribution in [0.5, 0.6) is 0 Å². The summed E-state index contributed by atoms with van der Waals surface area (Å²) in [5.41, 5.74) is 1.80. The molecule has 3 heterocycles. The summed E-state index contributed by atoms with van der Waals surface area (Å²) >= 11 is 1.39. The van der Waals surface area contributed by atoms with Crippen LogP contribution in [-0.2, 0) is 26.6 Å². The molecular formula is C19H18N5O3S+. The molecule has 0 bridgehead atoms. The maximum absolute atomic E-state index is 12.5. The first kappa shape index (κ1) is 18.2. The van der Waals surface area contributed by atoms with Crippen molar-refractivity contribution in [2.45, 2.75) is 19.5 Å². The van der Waals surface area contributed by atoms with Crippen LogP contribution in [0.1, 0.15) is 32.1 Å². The lowest BCUT2D eigenvalue weighted by Crippen LogP contribution is -2.41. The molecule has 4 rings (SSSR count). The summed E-state index contributed by atoms with van der Waals surface area (Å²) in [6, 6.07) is 12.4. The van der Waals surface area contributed by atoms with E-state index in [-0.39, 0.29) is 5.69 Å². The number of aromatic nitrogens is 2. The van der Waals surface area contributed by atoms with E-state index in [0.29, 0.717) is 10.6 Å². The Balaban J connectivity index is 1.56. The Bertz CT molecular complexity index is 1120. The van der Waals surface area contributed by atoms with Gasteiger partial charge in [0.15, 0.2) is 7.05 Å². The van der Waals surface area contributed by atoms with Gasteiger partial charge in [-0.2, -0.15) is 5.26 Å². The highest BCUT2D eigenvalue weighted by Crippen LogP contribution is 2.37. The zero-order valence-electron chi connectivity index (χ0n) is 15.2. The Labute approximate surface area is 164 Å². The SMILES string of the molecule is C[n+]1[nH]oc(=O)c1C(=O)Nc1sc2c(c1C#N)CCN(Cc1ccccc1)C2. The maximum Gasteiger partial charge on any atom is 0.440 e. The number of nitrogens with one attached hydrogen (secondary N) is 2. The van der Waals surface area contributed by atoms with Gasteiger partial charge >= 0.3 is 17.2 Å². The summed E-state index contributed by atoms with van der Waals surface area (Å²) in [5, 5.41) is 15.1. The van der Waals surface area contributed by atoms with Crippen LogP contribution in [-0.4, -0.2) is 22.6 Å². The molecule has 1 aliphatic heterocycles. The Kier molecular flexibility index (Phi) is 4.81. The maximum atomic E-state index is 12.5. The van der Waals surface area contributed by atoms with Gasteiger partial charge in [0.25, 0.3) is 0 Å². The second kappa shape index (κ2) is 7.42. The first-order valence-electron chi connectivity index (χ1n) is 8.76. The van der Waals surface area contributed by atoms with Gasteiger partial charge in [-0.25, -0.2) is 4.79 Å². The summed E-state index contributed by atoms with van der Waals surface area (Å²) in [6.07, 6.45) is 0.748. The van der Waals surface area contributed by atoms with Crippen molar-refractivity contribution in [2.75, 3.05) is 11.9 Å². The van der Waals surface area contributed by atoms with E-state index in [1.54, 1.807) is 0 Å². The Morgan fingerprint density at radius 1 is 1.43 bits per heavy atom. The Morgan fingerprint density at radius 2 is 2.21 bits per heavy atom. The molecule has 0 atom stereocenters. The Morgan fingerprint density at radius 3 is 2.89 bits per heavy atom. The van der Waals surface area contributed by atoms with E-state index in [1.165, 1.54) is 28.6 Å². The molecule has 0 spiro atoms. The van der Waals surface area contributed by atoms with Crippen LogP contribution in [0.25, 0.3) is 0 Å². The molecule has 0 radical (unpaired) electrons. The molecular weight excluding hydrogens is 378 g/mol. The molecule has 0 fully saturated rings. The van der Waals surface area contributed by atoms with Crippen LogP contribution in [0.3, 0.4) is 0 Å². The molecule has 1 aromatic carbocycles. The van der Waals surface area contributed by atoms with Gasteiger partial charge < -0.3 is 5.32 Å². The number of rotatable bonds is 4. The molecule has 0 aliphatic carbocycles. The van der Waals surface area contributed by atoms with Gasteiger partial charge in [0.05, 0.1) is 5.56 Å². The van der Waals surface area contributed by atoms with E-state index in [4.69, 9.17) is 0 Å². The number of carbonyl (C=O) groups is 1. The lowest BCUT2D eigenvalue weighted by molar-refractivity contribution is -0.741. The zero-order chi connectivity index (χ0) is 19.7. The van der Waals surface area contributed by atoms with E-state index >= 15 is 0 Å². The van der Waals surface area contributed by atoms with E-state index in [9.17, 15) is 14.9 Å². The van der Waals surface area contributed by atoms with Crippen molar-refractivity contribution >= 4 is 22.2 Å². The first-order valence-corrected chi connectivity index (χ1v) is 9.58. The molecule has 2 N–H and O–H groups in total. The third-order valence-electron chi connectivity index (χ3n) is 4.74. The third-order valence-corrected chi connectivity index (χ3v) is 5.88. The number of H-pyrrole nitrogens is 1. The predicted molar refractivity (Wildman–Crippen MR) is 102 cm³/mol. The van der Waals surface area contributed by atoms with Gasteiger partial charge in [0.2, 0.25) is 0 Å². The minimum Gasteiger partial charge on any atom is -0.307 e.